The highest BCUT2D eigenvalue weighted by Gasteiger charge is 2.24. The van der Waals surface area contributed by atoms with Crippen molar-refractivity contribution in [2.75, 3.05) is 26.7 Å². The summed E-state index contributed by atoms with van der Waals surface area (Å²) in [6.07, 6.45) is 2.02. The van der Waals surface area contributed by atoms with Gasteiger partial charge in [-0.2, -0.15) is 5.26 Å². The third-order valence-electron chi connectivity index (χ3n) is 3.92. The molecule has 0 unspecified atom stereocenters. The Morgan fingerprint density at radius 2 is 2.00 bits per heavy atom. The summed E-state index contributed by atoms with van der Waals surface area (Å²) in [5, 5.41) is 12.3. The molecule has 5 nitrogen and oxygen atoms in total. The highest BCUT2D eigenvalue weighted by molar-refractivity contribution is 7.88. The Morgan fingerprint density at radius 1 is 1.33 bits per heavy atom. The molecule has 0 aliphatic carbocycles. The van der Waals surface area contributed by atoms with E-state index in [2.05, 4.69) is 5.32 Å². The normalized spacial score (nSPS) is 16.8. The Kier molecular flexibility index (Phi) is 5.34. The van der Waals surface area contributed by atoms with Gasteiger partial charge in [0.25, 0.3) is 0 Å². The van der Waals surface area contributed by atoms with Gasteiger partial charge in [0.1, 0.15) is 0 Å². The number of hydrogen-bond acceptors (Lipinski definition) is 4. The van der Waals surface area contributed by atoms with E-state index in [1.54, 1.807) is 31.3 Å². The van der Waals surface area contributed by atoms with Crippen molar-refractivity contribution in [1.29, 1.82) is 5.26 Å². The van der Waals surface area contributed by atoms with Gasteiger partial charge < -0.3 is 5.32 Å². The van der Waals surface area contributed by atoms with E-state index in [0.717, 1.165) is 25.9 Å². The molecule has 1 aromatic rings. The van der Waals surface area contributed by atoms with Crippen molar-refractivity contribution in [3.63, 3.8) is 0 Å². The highest BCUT2D eigenvalue weighted by atomic mass is 32.2. The van der Waals surface area contributed by atoms with E-state index in [9.17, 15) is 8.42 Å². The Balaban J connectivity index is 2.05. The summed E-state index contributed by atoms with van der Waals surface area (Å²) in [5.74, 6) is 0.301. The molecule has 21 heavy (non-hydrogen) atoms. The van der Waals surface area contributed by atoms with E-state index in [1.165, 1.54) is 4.31 Å². The molecule has 1 heterocycles. The van der Waals surface area contributed by atoms with E-state index in [0.29, 0.717) is 23.6 Å². The highest BCUT2D eigenvalue weighted by Crippen LogP contribution is 2.18. The molecule has 1 N–H and O–H groups in total. The van der Waals surface area contributed by atoms with Crippen molar-refractivity contribution in [2.45, 2.75) is 18.6 Å². The fourth-order valence-corrected chi connectivity index (χ4v) is 3.91. The van der Waals surface area contributed by atoms with E-state index >= 15 is 0 Å². The quantitative estimate of drug-likeness (QED) is 0.890. The minimum absolute atomic E-state index is 0.113. The number of nitriles is 1. The summed E-state index contributed by atoms with van der Waals surface area (Å²) in [5.41, 5.74) is 0.994. The predicted molar refractivity (Wildman–Crippen MR) is 82.0 cm³/mol. The molecule has 1 aromatic carbocycles. The van der Waals surface area contributed by atoms with E-state index in [1.807, 2.05) is 6.07 Å². The molecule has 0 saturated carbocycles. The molecule has 0 bridgehead atoms. The lowest BCUT2D eigenvalue weighted by Gasteiger charge is -2.27. The maximum Gasteiger partial charge on any atom is 0.218 e. The molecule has 114 valence electrons. The lowest BCUT2D eigenvalue weighted by molar-refractivity contribution is 0.311. The van der Waals surface area contributed by atoms with Crippen LogP contribution in [0.2, 0.25) is 0 Å². The largest absolute Gasteiger partial charge is 0.317 e. The van der Waals surface area contributed by atoms with Crippen LogP contribution in [-0.4, -0.2) is 39.4 Å². The van der Waals surface area contributed by atoms with Gasteiger partial charge in [-0.15, -0.1) is 0 Å². The third kappa shape index (κ3) is 4.27. The first-order valence-electron chi connectivity index (χ1n) is 7.15. The number of rotatable bonds is 5. The van der Waals surface area contributed by atoms with Crippen molar-refractivity contribution in [3.8, 4) is 6.07 Å². The van der Waals surface area contributed by atoms with E-state index < -0.39 is 10.0 Å². The van der Waals surface area contributed by atoms with Gasteiger partial charge >= 0.3 is 0 Å². The van der Waals surface area contributed by atoms with Gasteiger partial charge in [-0.05, 0) is 43.5 Å². The predicted octanol–water partition coefficient (Wildman–Crippen LogP) is 1.32. The molecule has 6 heteroatoms. The minimum Gasteiger partial charge on any atom is -0.317 e. The van der Waals surface area contributed by atoms with E-state index in [-0.39, 0.29) is 5.75 Å². The summed E-state index contributed by atoms with van der Waals surface area (Å²) in [6, 6.07) is 8.91. The van der Waals surface area contributed by atoms with Crippen molar-refractivity contribution in [1.82, 2.24) is 9.62 Å². The van der Waals surface area contributed by atoms with Crippen LogP contribution in [0.3, 0.4) is 0 Å². The van der Waals surface area contributed by atoms with Crippen LogP contribution in [0, 0.1) is 17.2 Å². The zero-order chi connectivity index (χ0) is 15.3. The second-order valence-electron chi connectivity index (χ2n) is 5.50. The lowest BCUT2D eigenvalue weighted by Crippen LogP contribution is -2.37. The maximum absolute atomic E-state index is 12.4. The summed E-state index contributed by atoms with van der Waals surface area (Å²) in [6.45, 7) is 2.46. The molecule has 0 amide bonds. The van der Waals surface area contributed by atoms with Gasteiger partial charge in [0.2, 0.25) is 10.0 Å². The molecule has 1 aliphatic heterocycles. The van der Waals surface area contributed by atoms with Crippen LogP contribution < -0.4 is 5.32 Å². The number of nitrogens with zero attached hydrogens (tertiary/aromatic N) is 2. The second-order valence-corrected chi connectivity index (χ2v) is 7.57. The molecule has 0 atom stereocenters. The lowest BCUT2D eigenvalue weighted by atomic mass is 9.98. The van der Waals surface area contributed by atoms with Gasteiger partial charge in [0.05, 0.1) is 17.4 Å². The van der Waals surface area contributed by atoms with Gasteiger partial charge in [0.15, 0.2) is 0 Å². The van der Waals surface area contributed by atoms with Crippen LogP contribution in [0.4, 0.5) is 0 Å². The van der Waals surface area contributed by atoms with Crippen molar-refractivity contribution in [2.24, 2.45) is 5.92 Å². The first-order chi connectivity index (χ1) is 10.0. The van der Waals surface area contributed by atoms with Gasteiger partial charge in [-0.3, -0.25) is 0 Å². The molecule has 0 spiro atoms. The molecule has 1 aliphatic rings. The second kappa shape index (κ2) is 7.03. The monoisotopic (exact) mass is 307 g/mol. The molecular formula is C15H21N3O2S. The van der Waals surface area contributed by atoms with Gasteiger partial charge in [-0.1, -0.05) is 18.2 Å². The fraction of sp³-hybridized carbons (Fsp3) is 0.533. The average molecular weight is 307 g/mol. The number of sulfonamides is 1. The van der Waals surface area contributed by atoms with Crippen LogP contribution in [0.5, 0.6) is 0 Å². The molecular weight excluding hydrogens is 286 g/mol. The summed E-state index contributed by atoms with van der Waals surface area (Å²) in [4.78, 5) is 0. The van der Waals surface area contributed by atoms with Gasteiger partial charge in [0, 0.05) is 13.6 Å². The van der Waals surface area contributed by atoms with Crippen molar-refractivity contribution < 1.29 is 8.42 Å². The summed E-state index contributed by atoms with van der Waals surface area (Å²) < 4.78 is 26.3. The number of piperidine rings is 1. The Bertz CT molecular complexity index is 616. The molecule has 1 saturated heterocycles. The number of hydrogen-bond donors (Lipinski definition) is 1. The first-order valence-corrected chi connectivity index (χ1v) is 8.76. The smallest absolute Gasteiger partial charge is 0.218 e. The zero-order valence-electron chi connectivity index (χ0n) is 12.2. The minimum atomic E-state index is -3.38. The topological polar surface area (TPSA) is 73.2 Å². The standard InChI is InChI=1S/C15H21N3O2S/c1-18(11-13-6-8-17-9-7-13)21(19,20)12-15-5-3-2-4-14(15)10-16/h2-5,13,17H,6-9,11-12H2,1H3. The fourth-order valence-electron chi connectivity index (χ4n) is 2.60. The van der Waals surface area contributed by atoms with Crippen LogP contribution in [-0.2, 0) is 15.8 Å². The van der Waals surface area contributed by atoms with Crippen LogP contribution in [0.1, 0.15) is 24.0 Å². The summed E-state index contributed by atoms with van der Waals surface area (Å²) >= 11 is 0. The SMILES string of the molecule is CN(CC1CCNCC1)S(=O)(=O)Cc1ccccc1C#N. The molecule has 2 rings (SSSR count). The van der Waals surface area contributed by atoms with E-state index in [4.69, 9.17) is 5.26 Å². The Labute approximate surface area is 126 Å². The van der Waals surface area contributed by atoms with Gasteiger partial charge in [-0.25, -0.2) is 12.7 Å². The van der Waals surface area contributed by atoms with Crippen LogP contribution in [0.25, 0.3) is 0 Å². The maximum atomic E-state index is 12.4. The van der Waals surface area contributed by atoms with Crippen LogP contribution in [0.15, 0.2) is 24.3 Å². The molecule has 0 aromatic heterocycles. The van der Waals surface area contributed by atoms with Crippen molar-refractivity contribution in [3.05, 3.63) is 35.4 Å². The first kappa shape index (κ1) is 16.0. The average Bonchev–Trinajstić information content (AvgIpc) is 2.48. The third-order valence-corrected chi connectivity index (χ3v) is 5.70. The zero-order valence-corrected chi connectivity index (χ0v) is 13.1. The summed E-state index contributed by atoms with van der Waals surface area (Å²) in [7, 11) is -1.75. The van der Waals surface area contributed by atoms with Crippen LogP contribution >= 0.6 is 0 Å². The molecule has 0 radical (unpaired) electrons. The number of nitrogens with one attached hydrogen (secondary N) is 1. The molecule has 1 fully saturated rings. The number of benzene rings is 1. The Morgan fingerprint density at radius 3 is 2.67 bits per heavy atom. The van der Waals surface area contributed by atoms with Crippen molar-refractivity contribution >= 4 is 10.0 Å². The Hall–Kier alpha value is -1.42.